The van der Waals surface area contributed by atoms with Gasteiger partial charge in [0.25, 0.3) is 0 Å². The molecular formula is C11H9ClF4NOS+. The number of nitrogens with zero attached hydrogens (tertiary/aromatic N) is 1. The first-order chi connectivity index (χ1) is 8.79. The summed E-state index contributed by atoms with van der Waals surface area (Å²) in [5.41, 5.74) is 0.378. The molecule has 1 aliphatic rings. The van der Waals surface area contributed by atoms with Gasteiger partial charge in [0.2, 0.25) is 6.04 Å². The maximum atomic E-state index is 14.6. The maximum absolute atomic E-state index is 14.6. The van der Waals surface area contributed by atoms with E-state index in [1.54, 1.807) is 12.1 Å². The first-order valence-corrected chi connectivity index (χ1v) is 6.62. The van der Waals surface area contributed by atoms with Crippen LogP contribution in [0.2, 0.25) is 0 Å². The van der Waals surface area contributed by atoms with Gasteiger partial charge in [-0.25, -0.2) is 4.79 Å². The zero-order valence-corrected chi connectivity index (χ0v) is 11.0. The van der Waals surface area contributed by atoms with Gasteiger partial charge >= 0.3 is 12.1 Å². The van der Waals surface area contributed by atoms with Gasteiger partial charge < -0.3 is 0 Å². The van der Waals surface area contributed by atoms with Crippen molar-refractivity contribution in [2.75, 3.05) is 5.88 Å². The van der Waals surface area contributed by atoms with Crippen LogP contribution in [0.15, 0.2) is 29.2 Å². The quantitative estimate of drug-likeness (QED) is 0.341. The molecule has 1 amide bonds. The number of benzene rings is 1. The summed E-state index contributed by atoms with van der Waals surface area (Å²) in [6.45, 7) is 0. The molecule has 2 unspecified atom stereocenters. The third kappa shape index (κ3) is 2.59. The number of rotatable bonds is 1. The van der Waals surface area contributed by atoms with Gasteiger partial charge in [-0.2, -0.15) is 13.2 Å². The Hall–Kier alpha value is -0.790. The van der Waals surface area contributed by atoms with E-state index >= 15 is 0 Å². The lowest BCUT2D eigenvalue weighted by molar-refractivity contribution is -0.906. The Morgan fingerprint density at radius 3 is 2.63 bits per heavy atom. The SMILES string of the molecule is O=C(CCl)[N+]1(F)Sc2ccccc2CC1C(F)(F)F. The van der Waals surface area contributed by atoms with Gasteiger partial charge in [0.1, 0.15) is 5.88 Å². The highest BCUT2D eigenvalue weighted by atomic mass is 35.5. The van der Waals surface area contributed by atoms with Crippen LogP contribution in [-0.4, -0.2) is 28.1 Å². The molecule has 0 aromatic heterocycles. The van der Waals surface area contributed by atoms with Crippen molar-refractivity contribution in [2.24, 2.45) is 0 Å². The van der Waals surface area contributed by atoms with Crippen molar-refractivity contribution in [3.63, 3.8) is 0 Å². The summed E-state index contributed by atoms with van der Waals surface area (Å²) in [6.07, 6.45) is -5.40. The third-order valence-corrected chi connectivity index (χ3v) is 4.40. The number of hydrogen-bond donors (Lipinski definition) is 0. The van der Waals surface area contributed by atoms with Crippen molar-refractivity contribution in [3.05, 3.63) is 29.8 Å². The van der Waals surface area contributed by atoms with E-state index in [2.05, 4.69) is 0 Å². The topological polar surface area (TPSA) is 17.1 Å². The Labute approximate surface area is 116 Å². The van der Waals surface area contributed by atoms with Crippen molar-refractivity contribution < 1.29 is 26.6 Å². The van der Waals surface area contributed by atoms with Gasteiger partial charge in [0, 0.05) is 15.0 Å². The predicted octanol–water partition coefficient (Wildman–Crippen LogP) is 3.65. The van der Waals surface area contributed by atoms with Gasteiger partial charge in [0.15, 0.2) is 11.9 Å². The molecule has 2 atom stereocenters. The van der Waals surface area contributed by atoms with Crippen LogP contribution >= 0.6 is 23.5 Å². The summed E-state index contributed by atoms with van der Waals surface area (Å²) in [5, 5.41) is 0. The highest BCUT2D eigenvalue weighted by Gasteiger charge is 2.63. The van der Waals surface area contributed by atoms with E-state index < -0.39 is 34.5 Å². The Morgan fingerprint density at radius 2 is 2.05 bits per heavy atom. The number of carbonyl (C=O) groups is 1. The van der Waals surface area contributed by atoms with Crippen LogP contribution in [0, 0.1) is 0 Å². The van der Waals surface area contributed by atoms with E-state index in [4.69, 9.17) is 11.6 Å². The lowest BCUT2D eigenvalue weighted by Gasteiger charge is -2.34. The van der Waals surface area contributed by atoms with E-state index in [0.29, 0.717) is 10.5 Å². The standard InChI is InChI=1S/C11H9ClF4NOS/c12-6-10(18)17(16)9(11(13,14)15)5-7-3-1-2-4-8(7)19-17/h1-4,9H,5-6H2/q+1. The Kier molecular flexibility index (Phi) is 3.81. The molecular weight excluding hydrogens is 306 g/mol. The van der Waals surface area contributed by atoms with Crippen molar-refractivity contribution in [1.82, 2.24) is 0 Å². The molecule has 0 saturated heterocycles. The average molecular weight is 315 g/mol. The molecule has 0 radical (unpaired) electrons. The second kappa shape index (κ2) is 4.96. The van der Waals surface area contributed by atoms with Gasteiger partial charge in [-0.15, -0.1) is 11.6 Å². The highest BCUT2D eigenvalue weighted by molar-refractivity contribution is 7.94. The number of carbonyl (C=O) groups excluding carboxylic acids is 1. The zero-order valence-electron chi connectivity index (χ0n) is 9.45. The van der Waals surface area contributed by atoms with E-state index in [0.717, 1.165) is 0 Å². The molecule has 8 heteroatoms. The molecule has 0 fully saturated rings. The fraction of sp³-hybridized carbons (Fsp3) is 0.364. The number of fused-ring (bicyclic) bond motifs is 1. The first kappa shape index (κ1) is 14.6. The normalized spacial score (nSPS) is 26.9. The van der Waals surface area contributed by atoms with Crippen molar-refractivity contribution in [2.45, 2.75) is 23.5 Å². The minimum absolute atomic E-state index is 0.244. The van der Waals surface area contributed by atoms with E-state index in [9.17, 15) is 22.4 Å². The van der Waals surface area contributed by atoms with E-state index in [1.807, 2.05) is 0 Å². The molecule has 104 valence electrons. The van der Waals surface area contributed by atoms with Crippen LogP contribution in [0.3, 0.4) is 0 Å². The van der Waals surface area contributed by atoms with Crippen LogP contribution in [-0.2, 0) is 11.2 Å². The molecule has 2 nitrogen and oxygen atoms in total. The molecule has 0 saturated carbocycles. The van der Waals surface area contributed by atoms with Crippen LogP contribution in [0.5, 0.6) is 0 Å². The largest absolute Gasteiger partial charge is 0.446 e. The fourth-order valence-electron chi connectivity index (χ4n) is 1.90. The summed E-state index contributed by atoms with van der Waals surface area (Å²) in [6, 6.07) is 3.71. The van der Waals surface area contributed by atoms with Gasteiger partial charge in [-0.05, 0) is 11.6 Å². The summed E-state index contributed by atoms with van der Waals surface area (Å²) in [4.78, 5) is 11.8. The van der Waals surface area contributed by atoms with Gasteiger partial charge in [-0.3, -0.25) is 0 Å². The fourth-order valence-corrected chi connectivity index (χ4v) is 3.33. The molecule has 0 bridgehead atoms. The summed E-state index contributed by atoms with van der Waals surface area (Å²) in [5.74, 6) is -2.11. The van der Waals surface area contributed by atoms with Gasteiger partial charge in [-0.1, -0.05) is 18.2 Å². The molecule has 1 aliphatic heterocycles. The molecule has 1 aromatic rings. The number of halogens is 5. The second-order valence-corrected chi connectivity index (χ2v) is 5.49. The first-order valence-electron chi connectivity index (χ1n) is 5.31. The average Bonchev–Trinajstić information content (AvgIpc) is 2.35. The highest BCUT2D eigenvalue weighted by Crippen LogP contribution is 2.48. The minimum atomic E-state index is -4.82. The number of hydrogen-bond acceptors (Lipinski definition) is 2. The van der Waals surface area contributed by atoms with Crippen molar-refractivity contribution in [1.29, 1.82) is 0 Å². The smallest absolute Gasteiger partial charge is 0.224 e. The predicted molar refractivity (Wildman–Crippen MR) is 62.9 cm³/mol. The Morgan fingerprint density at radius 1 is 1.42 bits per heavy atom. The minimum Gasteiger partial charge on any atom is -0.224 e. The summed E-state index contributed by atoms with van der Waals surface area (Å²) in [7, 11) is 0. The lowest BCUT2D eigenvalue weighted by Crippen LogP contribution is -2.57. The summed E-state index contributed by atoms with van der Waals surface area (Å²) < 4.78 is 51.2. The van der Waals surface area contributed by atoms with Crippen LogP contribution in [0.25, 0.3) is 0 Å². The third-order valence-electron chi connectivity index (χ3n) is 2.85. The van der Waals surface area contributed by atoms with Crippen LogP contribution in [0.4, 0.5) is 17.7 Å². The van der Waals surface area contributed by atoms with Crippen LogP contribution < -0.4 is 0 Å². The lowest BCUT2D eigenvalue weighted by atomic mass is 10.0. The monoisotopic (exact) mass is 314 g/mol. The molecule has 0 aliphatic carbocycles. The second-order valence-electron chi connectivity index (χ2n) is 4.06. The van der Waals surface area contributed by atoms with E-state index in [-0.39, 0.29) is 11.9 Å². The molecule has 0 N–H and O–H groups in total. The van der Waals surface area contributed by atoms with Crippen molar-refractivity contribution >= 4 is 29.5 Å². The summed E-state index contributed by atoms with van der Waals surface area (Å²) >= 11 is 5.48. The molecule has 1 aromatic carbocycles. The Balaban J connectivity index is 2.49. The maximum Gasteiger partial charge on any atom is 0.446 e. The van der Waals surface area contributed by atoms with E-state index in [1.165, 1.54) is 12.1 Å². The number of amides is 1. The van der Waals surface area contributed by atoms with Crippen LogP contribution in [0.1, 0.15) is 5.56 Å². The number of quaternary nitrogens is 1. The van der Waals surface area contributed by atoms with Gasteiger partial charge in [0.05, 0.1) is 4.90 Å². The number of alkyl halides is 4. The molecule has 2 rings (SSSR count). The van der Waals surface area contributed by atoms with Crippen molar-refractivity contribution in [3.8, 4) is 0 Å². The zero-order chi connectivity index (χ0) is 14.3. The molecule has 19 heavy (non-hydrogen) atoms. The molecule has 0 spiro atoms. The Bertz CT molecular complexity index is 510. The molecule has 1 heterocycles.